The number of anilines is 2. The number of rotatable bonds is 8. The van der Waals surface area contributed by atoms with Crippen molar-refractivity contribution in [3.05, 3.63) is 87.9 Å². The average Bonchev–Trinajstić information content (AvgIpc) is 3.04. The highest BCUT2D eigenvalue weighted by atomic mass is 35.5. The third kappa shape index (κ3) is 10.8. The summed E-state index contributed by atoms with van der Waals surface area (Å²) in [6, 6.07) is 18.9. The lowest BCUT2D eigenvalue weighted by Gasteiger charge is -2.36. The van der Waals surface area contributed by atoms with Crippen LogP contribution in [0.3, 0.4) is 0 Å². The Labute approximate surface area is 288 Å². The van der Waals surface area contributed by atoms with E-state index in [9.17, 15) is 14.7 Å². The first-order valence-corrected chi connectivity index (χ1v) is 16.9. The quantitative estimate of drug-likeness (QED) is 0.226. The Bertz CT molecular complexity index is 1480. The minimum atomic E-state index is -0.476. The van der Waals surface area contributed by atoms with E-state index in [-0.39, 0.29) is 30.6 Å². The number of halogens is 2. The van der Waals surface area contributed by atoms with Gasteiger partial charge in [0.15, 0.2) is 0 Å². The number of ether oxygens (including phenoxy) is 2. The number of nitrogens with one attached hydrogen (secondary N) is 2. The smallest absolute Gasteiger partial charge is 0.323 e. The van der Waals surface area contributed by atoms with Gasteiger partial charge in [-0.15, -0.1) is 0 Å². The standard InChI is InChI=1S/C36H46Cl2N4O5/c1-24-20-42(25(2)23-43)35(44)30-19-29(40-36(45)39-28-11-6-5-7-12-28)14-16-33(30)47-26(3)10-8-9-17-46-34(24)22-41(4)21-27-13-15-31(37)32(38)18-27/h5-7,11-16,18-19,24-26,34,43H,8-10,17,20-23H2,1-4H3,(H2,39,40,45)/t24-,25-,26+,34-/m0/s1. The normalized spacial score (nSPS) is 20.1. The van der Waals surface area contributed by atoms with E-state index in [0.29, 0.717) is 59.0 Å². The largest absolute Gasteiger partial charge is 0.490 e. The summed E-state index contributed by atoms with van der Waals surface area (Å²) in [6.07, 6.45) is 2.22. The van der Waals surface area contributed by atoms with Gasteiger partial charge in [-0.05, 0) is 88.2 Å². The number of nitrogens with zero attached hydrogens (tertiary/aromatic N) is 2. The summed E-state index contributed by atoms with van der Waals surface area (Å²) in [5.74, 6) is 0.0617. The molecule has 3 amide bonds. The Balaban J connectivity index is 1.58. The molecule has 0 fully saturated rings. The van der Waals surface area contributed by atoms with Crippen LogP contribution in [0.15, 0.2) is 66.7 Å². The zero-order valence-corrected chi connectivity index (χ0v) is 29.1. The number of fused-ring (bicyclic) bond motifs is 1. The molecule has 0 aromatic heterocycles. The Hall–Kier alpha value is -3.34. The summed E-state index contributed by atoms with van der Waals surface area (Å²) in [5, 5.41) is 16.9. The molecule has 0 saturated heterocycles. The van der Waals surface area contributed by atoms with Crippen LogP contribution in [0.25, 0.3) is 0 Å². The fraction of sp³-hybridized carbons (Fsp3) is 0.444. The average molecular weight is 686 g/mol. The van der Waals surface area contributed by atoms with Gasteiger partial charge in [0.2, 0.25) is 0 Å². The van der Waals surface area contributed by atoms with Crippen LogP contribution in [0.5, 0.6) is 5.75 Å². The summed E-state index contributed by atoms with van der Waals surface area (Å²) < 4.78 is 12.8. The maximum atomic E-state index is 14.3. The first-order valence-electron chi connectivity index (χ1n) is 16.1. The molecule has 0 radical (unpaired) electrons. The number of aliphatic hydroxyl groups excluding tert-OH is 1. The monoisotopic (exact) mass is 684 g/mol. The summed E-state index contributed by atoms with van der Waals surface area (Å²) >= 11 is 12.4. The Morgan fingerprint density at radius 1 is 1.02 bits per heavy atom. The van der Waals surface area contributed by atoms with Crippen LogP contribution in [0.4, 0.5) is 16.2 Å². The molecule has 3 aromatic rings. The second-order valence-corrected chi connectivity index (χ2v) is 13.2. The lowest BCUT2D eigenvalue weighted by atomic mass is 10.0. The van der Waals surface area contributed by atoms with E-state index in [2.05, 4.69) is 22.5 Å². The lowest BCUT2D eigenvalue weighted by molar-refractivity contribution is -0.0177. The summed E-state index contributed by atoms with van der Waals surface area (Å²) in [5.41, 5.74) is 2.44. The van der Waals surface area contributed by atoms with Crippen LogP contribution in [-0.4, -0.2) is 78.4 Å². The molecule has 0 aliphatic carbocycles. The molecule has 4 rings (SSSR count). The Morgan fingerprint density at radius 3 is 2.49 bits per heavy atom. The molecule has 3 N–H and O–H groups in total. The van der Waals surface area contributed by atoms with E-state index in [1.807, 2.05) is 51.2 Å². The molecule has 9 nitrogen and oxygen atoms in total. The van der Waals surface area contributed by atoms with Crippen molar-refractivity contribution in [2.75, 3.05) is 44.0 Å². The second-order valence-electron chi connectivity index (χ2n) is 12.4. The van der Waals surface area contributed by atoms with E-state index in [4.69, 9.17) is 32.7 Å². The Morgan fingerprint density at radius 2 is 1.77 bits per heavy atom. The second kappa shape index (κ2) is 17.7. The zero-order valence-electron chi connectivity index (χ0n) is 27.5. The Kier molecular flexibility index (Phi) is 13.8. The number of likely N-dealkylation sites (N-methyl/N-ethyl adjacent to an activating group) is 1. The van der Waals surface area contributed by atoms with Gasteiger partial charge in [0.05, 0.1) is 40.5 Å². The van der Waals surface area contributed by atoms with Crippen molar-refractivity contribution in [2.24, 2.45) is 5.92 Å². The van der Waals surface area contributed by atoms with Crippen LogP contribution in [0, 0.1) is 5.92 Å². The van der Waals surface area contributed by atoms with Crippen LogP contribution >= 0.6 is 23.2 Å². The van der Waals surface area contributed by atoms with Crippen LogP contribution in [0.2, 0.25) is 10.0 Å². The minimum Gasteiger partial charge on any atom is -0.490 e. The molecule has 1 aliphatic heterocycles. The van der Waals surface area contributed by atoms with Crippen LogP contribution in [0.1, 0.15) is 56.0 Å². The van der Waals surface area contributed by atoms with Crippen molar-refractivity contribution in [3.8, 4) is 5.75 Å². The maximum absolute atomic E-state index is 14.3. The first kappa shape index (κ1) is 36.5. The van der Waals surface area contributed by atoms with Gasteiger partial charge < -0.3 is 30.1 Å². The number of hydrogen-bond acceptors (Lipinski definition) is 6. The van der Waals surface area contributed by atoms with Crippen molar-refractivity contribution in [3.63, 3.8) is 0 Å². The van der Waals surface area contributed by atoms with E-state index < -0.39 is 12.1 Å². The number of carbonyl (C=O) groups excluding carboxylic acids is 2. The van der Waals surface area contributed by atoms with Crippen LogP contribution < -0.4 is 15.4 Å². The predicted octanol–water partition coefficient (Wildman–Crippen LogP) is 7.56. The van der Waals surface area contributed by atoms with E-state index in [1.54, 1.807) is 41.3 Å². The third-order valence-corrected chi connectivity index (χ3v) is 9.01. The third-order valence-electron chi connectivity index (χ3n) is 8.27. The van der Waals surface area contributed by atoms with Crippen molar-refractivity contribution >= 4 is 46.5 Å². The molecule has 1 heterocycles. The number of benzene rings is 3. The van der Waals surface area contributed by atoms with Gasteiger partial charge >= 0.3 is 6.03 Å². The van der Waals surface area contributed by atoms with E-state index in [1.165, 1.54) is 0 Å². The first-order chi connectivity index (χ1) is 22.5. The number of carbonyl (C=O) groups is 2. The van der Waals surface area contributed by atoms with Crippen molar-refractivity contribution in [2.45, 2.75) is 64.8 Å². The molecule has 0 bridgehead atoms. The summed E-state index contributed by atoms with van der Waals surface area (Å²) in [7, 11) is 2.03. The van der Waals surface area contributed by atoms with Gasteiger partial charge in [-0.2, -0.15) is 0 Å². The fourth-order valence-corrected chi connectivity index (χ4v) is 5.92. The molecule has 0 unspecified atom stereocenters. The van der Waals surface area contributed by atoms with Crippen molar-refractivity contribution in [1.82, 2.24) is 9.80 Å². The minimum absolute atomic E-state index is 0.0756. The molecular formula is C36H46Cl2N4O5. The van der Waals surface area contributed by atoms with Gasteiger partial charge in [0, 0.05) is 43.5 Å². The number of urea groups is 1. The number of amides is 3. The van der Waals surface area contributed by atoms with Gasteiger partial charge in [0.1, 0.15) is 5.75 Å². The van der Waals surface area contributed by atoms with Crippen molar-refractivity contribution < 1.29 is 24.2 Å². The molecular weight excluding hydrogens is 639 g/mol. The molecule has 0 spiro atoms. The van der Waals surface area contributed by atoms with Crippen molar-refractivity contribution in [1.29, 1.82) is 0 Å². The maximum Gasteiger partial charge on any atom is 0.323 e. The van der Waals surface area contributed by atoms with Crippen LogP contribution in [-0.2, 0) is 11.3 Å². The number of aliphatic hydroxyl groups is 1. The molecule has 11 heteroatoms. The lowest BCUT2D eigenvalue weighted by Crippen LogP contribution is -2.47. The van der Waals surface area contributed by atoms with Gasteiger partial charge in [-0.25, -0.2) is 4.79 Å². The SMILES string of the molecule is C[C@@H]1CCCCO[C@@H](CN(C)Cc2ccc(Cl)c(Cl)c2)[C@@H](C)CN([C@@H](C)CO)C(=O)c2cc(NC(=O)Nc3ccccc3)ccc2O1. The zero-order chi connectivity index (χ0) is 33.9. The van der Waals surface area contributed by atoms with E-state index >= 15 is 0 Å². The fourth-order valence-electron chi connectivity index (χ4n) is 5.60. The topological polar surface area (TPSA) is 103 Å². The highest BCUT2D eigenvalue weighted by Gasteiger charge is 2.30. The van der Waals surface area contributed by atoms with Gasteiger partial charge in [0.25, 0.3) is 5.91 Å². The highest BCUT2D eigenvalue weighted by Crippen LogP contribution is 2.29. The molecule has 1 aliphatic rings. The molecule has 0 saturated carbocycles. The molecule has 47 heavy (non-hydrogen) atoms. The number of para-hydroxylation sites is 1. The predicted molar refractivity (Wildman–Crippen MR) is 189 cm³/mol. The summed E-state index contributed by atoms with van der Waals surface area (Å²) in [6.45, 7) is 7.85. The van der Waals surface area contributed by atoms with Gasteiger partial charge in [-0.1, -0.05) is 54.4 Å². The molecule has 3 aromatic carbocycles. The number of hydrogen-bond donors (Lipinski definition) is 3. The molecule has 254 valence electrons. The van der Waals surface area contributed by atoms with Gasteiger partial charge in [-0.3, -0.25) is 9.69 Å². The van der Waals surface area contributed by atoms with E-state index in [0.717, 1.165) is 24.8 Å². The summed E-state index contributed by atoms with van der Waals surface area (Å²) in [4.78, 5) is 31.0. The highest BCUT2D eigenvalue weighted by molar-refractivity contribution is 6.42. The molecule has 4 atom stereocenters.